The minimum absolute atomic E-state index is 0.0229. The normalized spacial score (nSPS) is 20.8. The van der Waals surface area contributed by atoms with E-state index in [0.29, 0.717) is 41.7 Å². The molecule has 0 saturated carbocycles. The predicted octanol–water partition coefficient (Wildman–Crippen LogP) is 3.64. The van der Waals surface area contributed by atoms with Gasteiger partial charge in [0.25, 0.3) is 0 Å². The summed E-state index contributed by atoms with van der Waals surface area (Å²) in [6.07, 6.45) is 0.751. The lowest BCUT2D eigenvalue weighted by molar-refractivity contribution is -0.141. The number of carbonyl (C=O) groups excluding carboxylic acids is 2. The molecule has 2 N–H and O–H groups in total. The van der Waals surface area contributed by atoms with Crippen molar-refractivity contribution in [2.24, 2.45) is 11.8 Å². The van der Waals surface area contributed by atoms with Crippen LogP contribution in [0.15, 0.2) is 48.5 Å². The SMILES string of the molecule is COc1cc([C@@H]2c3cc4c(cc3C[C@H]3COC(=O)[C@@H]32)OCO4)cc(OC)c1OC(=O)Cc1ccc(N)cc1. The Morgan fingerprint density at radius 3 is 2.34 bits per heavy atom. The van der Waals surface area contributed by atoms with Crippen LogP contribution in [0.5, 0.6) is 28.7 Å². The van der Waals surface area contributed by atoms with Gasteiger partial charge in [-0.25, -0.2) is 0 Å². The smallest absolute Gasteiger partial charge is 0.315 e. The summed E-state index contributed by atoms with van der Waals surface area (Å²) in [5.74, 6) is 0.750. The van der Waals surface area contributed by atoms with E-state index >= 15 is 0 Å². The van der Waals surface area contributed by atoms with Crippen LogP contribution in [0.1, 0.15) is 28.2 Å². The van der Waals surface area contributed by atoms with Gasteiger partial charge in [-0.3, -0.25) is 9.59 Å². The average molecular weight is 518 g/mol. The third-order valence-electron chi connectivity index (χ3n) is 7.42. The topological polar surface area (TPSA) is 116 Å². The molecule has 3 aromatic rings. The monoisotopic (exact) mass is 517 g/mol. The zero-order valence-electron chi connectivity index (χ0n) is 21.0. The summed E-state index contributed by atoms with van der Waals surface area (Å²) in [6.45, 7) is 0.527. The van der Waals surface area contributed by atoms with E-state index in [9.17, 15) is 9.59 Å². The third-order valence-corrected chi connectivity index (χ3v) is 7.42. The van der Waals surface area contributed by atoms with Crippen LogP contribution in [-0.2, 0) is 27.2 Å². The standard InChI is InChI=1S/C29H27NO8/c1-33-23-10-17(11-24(34-2)28(23)38-25(31)7-15-3-5-19(30)6-4-15)26-20-12-22-21(36-14-37-22)9-16(20)8-18-13-35-29(32)27(18)26/h3-6,9-12,18,26-27H,7-8,13-14,30H2,1-2H3/t18-,26+,27-/m0/s1. The van der Waals surface area contributed by atoms with Crippen molar-refractivity contribution in [2.45, 2.75) is 18.8 Å². The molecule has 38 heavy (non-hydrogen) atoms. The largest absolute Gasteiger partial charge is 0.493 e. The van der Waals surface area contributed by atoms with Gasteiger partial charge in [0.2, 0.25) is 12.5 Å². The summed E-state index contributed by atoms with van der Waals surface area (Å²) in [4.78, 5) is 25.7. The Morgan fingerprint density at radius 1 is 0.974 bits per heavy atom. The number of fused-ring (bicyclic) bond motifs is 3. The minimum atomic E-state index is -0.478. The highest BCUT2D eigenvalue weighted by molar-refractivity contribution is 5.80. The second-order valence-electron chi connectivity index (χ2n) is 9.65. The van der Waals surface area contributed by atoms with E-state index in [4.69, 9.17) is 34.2 Å². The van der Waals surface area contributed by atoms with Gasteiger partial charge in [0.1, 0.15) is 0 Å². The molecule has 9 nitrogen and oxygen atoms in total. The number of esters is 2. The molecule has 196 valence electrons. The van der Waals surface area contributed by atoms with Crippen LogP contribution in [-0.4, -0.2) is 39.6 Å². The molecule has 1 fully saturated rings. The van der Waals surface area contributed by atoms with Gasteiger partial charge < -0.3 is 34.2 Å². The Hall–Kier alpha value is -4.40. The van der Waals surface area contributed by atoms with Crippen LogP contribution in [0, 0.1) is 11.8 Å². The molecule has 1 aliphatic carbocycles. The number of cyclic esters (lactones) is 1. The van der Waals surface area contributed by atoms with Gasteiger partial charge in [-0.2, -0.15) is 0 Å². The summed E-state index contributed by atoms with van der Waals surface area (Å²) in [5, 5.41) is 0. The van der Waals surface area contributed by atoms with E-state index in [2.05, 4.69) is 0 Å². The molecule has 2 aliphatic heterocycles. The number of hydrogen-bond acceptors (Lipinski definition) is 9. The molecule has 3 atom stereocenters. The number of nitrogen functional groups attached to an aromatic ring is 1. The van der Waals surface area contributed by atoms with Crippen molar-refractivity contribution in [3.63, 3.8) is 0 Å². The lowest BCUT2D eigenvalue weighted by Crippen LogP contribution is -2.31. The first-order chi connectivity index (χ1) is 18.4. The van der Waals surface area contributed by atoms with E-state index in [1.54, 1.807) is 36.4 Å². The van der Waals surface area contributed by atoms with E-state index in [1.165, 1.54) is 14.2 Å². The van der Waals surface area contributed by atoms with Crippen molar-refractivity contribution in [3.8, 4) is 28.7 Å². The summed E-state index contributed by atoms with van der Waals surface area (Å²) < 4.78 is 33.8. The number of rotatable bonds is 6. The van der Waals surface area contributed by atoms with Gasteiger partial charge in [0.05, 0.1) is 33.2 Å². The molecule has 9 heteroatoms. The fraction of sp³-hybridized carbons (Fsp3) is 0.310. The Bertz CT molecular complexity index is 1390. The molecular weight excluding hydrogens is 490 g/mol. The summed E-state index contributed by atoms with van der Waals surface area (Å²) in [6, 6.07) is 14.5. The average Bonchev–Trinajstić information content (AvgIpc) is 3.53. The van der Waals surface area contributed by atoms with Crippen molar-refractivity contribution in [2.75, 3.05) is 33.4 Å². The first-order valence-corrected chi connectivity index (χ1v) is 12.3. The molecule has 0 unspecified atom stereocenters. The molecule has 1 saturated heterocycles. The summed E-state index contributed by atoms with van der Waals surface area (Å²) in [5.41, 5.74) is 9.94. The fourth-order valence-corrected chi connectivity index (χ4v) is 5.64. The second kappa shape index (κ2) is 9.48. The van der Waals surface area contributed by atoms with Gasteiger partial charge in [0.15, 0.2) is 23.0 Å². The Balaban J connectivity index is 1.39. The molecular formula is C29H27NO8. The zero-order chi connectivity index (χ0) is 26.4. The molecule has 0 spiro atoms. The number of benzene rings is 3. The third kappa shape index (κ3) is 4.13. The summed E-state index contributed by atoms with van der Waals surface area (Å²) in [7, 11) is 2.99. The lowest BCUT2D eigenvalue weighted by Gasteiger charge is -2.34. The van der Waals surface area contributed by atoms with Crippen LogP contribution < -0.4 is 29.4 Å². The lowest BCUT2D eigenvalue weighted by atomic mass is 9.67. The van der Waals surface area contributed by atoms with Crippen LogP contribution in [0.2, 0.25) is 0 Å². The first-order valence-electron chi connectivity index (χ1n) is 12.3. The highest BCUT2D eigenvalue weighted by Gasteiger charge is 2.48. The van der Waals surface area contributed by atoms with Crippen molar-refractivity contribution in [1.29, 1.82) is 0 Å². The first kappa shape index (κ1) is 24.0. The van der Waals surface area contributed by atoms with Crippen molar-refractivity contribution >= 4 is 17.6 Å². The number of nitrogens with two attached hydrogens (primary N) is 1. The highest BCUT2D eigenvalue weighted by atomic mass is 16.7. The van der Waals surface area contributed by atoms with Gasteiger partial charge in [-0.15, -0.1) is 0 Å². The van der Waals surface area contributed by atoms with Gasteiger partial charge in [-0.05, 0) is 65.1 Å². The maximum Gasteiger partial charge on any atom is 0.315 e. The Kier molecular flexibility index (Phi) is 5.98. The number of hydrogen-bond donors (Lipinski definition) is 1. The number of methoxy groups -OCH3 is 2. The van der Waals surface area contributed by atoms with Gasteiger partial charge >= 0.3 is 11.9 Å². The quantitative estimate of drug-likeness (QED) is 0.297. The molecule has 0 aromatic heterocycles. The number of ether oxygens (including phenoxy) is 6. The second-order valence-corrected chi connectivity index (χ2v) is 9.65. The minimum Gasteiger partial charge on any atom is -0.493 e. The Labute approximate surface area is 219 Å². The maximum absolute atomic E-state index is 12.9. The van der Waals surface area contributed by atoms with Crippen molar-refractivity contribution in [1.82, 2.24) is 0 Å². The zero-order valence-corrected chi connectivity index (χ0v) is 21.0. The van der Waals surface area contributed by atoms with Gasteiger partial charge in [0, 0.05) is 17.5 Å². The van der Waals surface area contributed by atoms with Crippen molar-refractivity contribution in [3.05, 3.63) is 70.8 Å². The van der Waals surface area contributed by atoms with Gasteiger partial charge in [-0.1, -0.05) is 12.1 Å². The number of carbonyl (C=O) groups is 2. The molecule has 6 rings (SSSR count). The predicted molar refractivity (Wildman–Crippen MR) is 136 cm³/mol. The van der Waals surface area contributed by atoms with E-state index in [0.717, 1.165) is 22.3 Å². The van der Waals surface area contributed by atoms with E-state index in [-0.39, 0.29) is 42.7 Å². The molecule has 0 bridgehead atoms. The van der Waals surface area contributed by atoms with E-state index < -0.39 is 5.97 Å². The summed E-state index contributed by atoms with van der Waals surface area (Å²) >= 11 is 0. The van der Waals surface area contributed by atoms with Crippen molar-refractivity contribution < 1.29 is 38.0 Å². The van der Waals surface area contributed by atoms with E-state index in [1.807, 2.05) is 12.1 Å². The fourth-order valence-electron chi connectivity index (χ4n) is 5.64. The van der Waals surface area contributed by atoms with Crippen LogP contribution in [0.25, 0.3) is 0 Å². The van der Waals surface area contributed by atoms with Crippen LogP contribution in [0.3, 0.4) is 0 Å². The van der Waals surface area contributed by atoms with Crippen LogP contribution >= 0.6 is 0 Å². The molecule has 3 aromatic carbocycles. The molecule has 0 amide bonds. The molecule has 2 heterocycles. The molecule has 3 aliphatic rings. The molecule has 0 radical (unpaired) electrons. The highest BCUT2D eigenvalue weighted by Crippen LogP contribution is 2.52. The van der Waals surface area contributed by atoms with Crippen LogP contribution in [0.4, 0.5) is 5.69 Å². The Morgan fingerprint density at radius 2 is 1.66 bits per heavy atom. The maximum atomic E-state index is 12.9. The number of anilines is 1.